The van der Waals surface area contributed by atoms with Gasteiger partial charge in [-0.3, -0.25) is 0 Å². The molecular weight excluding hydrogens is 404 g/mol. The lowest BCUT2D eigenvalue weighted by molar-refractivity contribution is 0.0943. The second-order valence-electron chi connectivity index (χ2n) is 7.98. The maximum absolute atomic E-state index is 10.1. The predicted molar refractivity (Wildman–Crippen MR) is 120 cm³/mol. The first-order valence-corrected chi connectivity index (χ1v) is 10.5. The highest BCUT2D eigenvalue weighted by Crippen LogP contribution is 2.28. The number of nitrogens with zero attached hydrogens (tertiary/aromatic N) is 4. The molecule has 3 rings (SSSR count). The fourth-order valence-corrected chi connectivity index (χ4v) is 3.43. The molecule has 0 unspecified atom stereocenters. The van der Waals surface area contributed by atoms with Gasteiger partial charge in [0, 0.05) is 29.7 Å². The number of phenolic OH excluding ortho intramolecular Hbond substituents is 1. The van der Waals surface area contributed by atoms with Crippen LogP contribution in [0.2, 0.25) is 5.02 Å². The summed E-state index contributed by atoms with van der Waals surface area (Å²) in [6, 6.07) is 5.18. The fraction of sp³-hybridized carbons (Fsp3) is 0.476. The van der Waals surface area contributed by atoms with Crippen LogP contribution < -0.4 is 10.6 Å². The number of aromatic nitrogens is 4. The zero-order chi connectivity index (χ0) is 21.9. The SMILES string of the molecule is CCC(CC)n1cnc2c(NCc3cc(Cl)ccc3O)nc(NCC(C)(C)O)nc21. The fourth-order valence-electron chi connectivity index (χ4n) is 3.24. The van der Waals surface area contributed by atoms with Crippen molar-refractivity contribution in [2.24, 2.45) is 0 Å². The van der Waals surface area contributed by atoms with Crippen LogP contribution in [0.25, 0.3) is 11.2 Å². The summed E-state index contributed by atoms with van der Waals surface area (Å²) in [5, 5.41) is 27.1. The summed E-state index contributed by atoms with van der Waals surface area (Å²) in [6.07, 6.45) is 3.70. The van der Waals surface area contributed by atoms with Gasteiger partial charge in [-0.1, -0.05) is 25.4 Å². The predicted octanol–water partition coefficient (Wildman–Crippen LogP) is 4.34. The van der Waals surface area contributed by atoms with E-state index >= 15 is 0 Å². The number of phenols is 1. The van der Waals surface area contributed by atoms with Gasteiger partial charge in [0.1, 0.15) is 5.75 Å². The first-order chi connectivity index (χ1) is 14.2. The maximum atomic E-state index is 10.1. The van der Waals surface area contributed by atoms with Gasteiger partial charge < -0.3 is 25.4 Å². The van der Waals surface area contributed by atoms with Crippen LogP contribution in [-0.2, 0) is 6.54 Å². The Morgan fingerprint density at radius 1 is 1.17 bits per heavy atom. The van der Waals surface area contributed by atoms with Crippen LogP contribution in [0, 0.1) is 0 Å². The molecule has 0 bridgehead atoms. The smallest absolute Gasteiger partial charge is 0.226 e. The molecule has 1 aromatic carbocycles. The molecule has 0 aliphatic carbocycles. The highest BCUT2D eigenvalue weighted by molar-refractivity contribution is 6.30. The molecule has 3 aromatic rings. The quantitative estimate of drug-likeness (QED) is 0.398. The van der Waals surface area contributed by atoms with Crippen LogP contribution in [-0.4, -0.2) is 41.9 Å². The molecule has 0 saturated heterocycles. The van der Waals surface area contributed by atoms with E-state index in [1.807, 2.05) is 0 Å². The normalized spacial score (nSPS) is 12.0. The van der Waals surface area contributed by atoms with Crippen LogP contribution in [0.5, 0.6) is 5.75 Å². The zero-order valence-corrected chi connectivity index (χ0v) is 18.5. The Kier molecular flexibility index (Phi) is 6.67. The number of benzene rings is 1. The molecule has 0 saturated carbocycles. The molecule has 4 N–H and O–H groups in total. The lowest BCUT2D eigenvalue weighted by Crippen LogP contribution is -2.30. The van der Waals surface area contributed by atoms with Gasteiger partial charge in [0.15, 0.2) is 17.0 Å². The molecule has 0 aliphatic rings. The Balaban J connectivity index is 1.99. The number of anilines is 2. The Hall–Kier alpha value is -2.58. The summed E-state index contributed by atoms with van der Waals surface area (Å²) >= 11 is 6.06. The summed E-state index contributed by atoms with van der Waals surface area (Å²) < 4.78 is 2.06. The van der Waals surface area contributed by atoms with Crippen molar-refractivity contribution in [3.05, 3.63) is 35.1 Å². The number of halogens is 1. The molecule has 0 radical (unpaired) electrons. The molecule has 30 heavy (non-hydrogen) atoms. The minimum Gasteiger partial charge on any atom is -0.508 e. The highest BCUT2D eigenvalue weighted by Gasteiger charge is 2.19. The number of aromatic hydroxyl groups is 1. The molecule has 0 aliphatic heterocycles. The van der Waals surface area contributed by atoms with E-state index in [1.54, 1.807) is 38.4 Å². The summed E-state index contributed by atoms with van der Waals surface area (Å²) in [5.74, 6) is 1.10. The number of hydrogen-bond acceptors (Lipinski definition) is 7. The van der Waals surface area contributed by atoms with E-state index in [0.29, 0.717) is 41.0 Å². The number of aliphatic hydroxyl groups is 1. The molecule has 8 nitrogen and oxygen atoms in total. The van der Waals surface area contributed by atoms with Gasteiger partial charge in [-0.25, -0.2) is 4.98 Å². The lowest BCUT2D eigenvalue weighted by atomic mass is 10.1. The van der Waals surface area contributed by atoms with Crippen LogP contribution in [0.15, 0.2) is 24.5 Å². The largest absolute Gasteiger partial charge is 0.508 e. The van der Waals surface area contributed by atoms with Gasteiger partial charge in [-0.15, -0.1) is 0 Å². The van der Waals surface area contributed by atoms with Gasteiger partial charge >= 0.3 is 0 Å². The minimum absolute atomic E-state index is 0.153. The van der Waals surface area contributed by atoms with E-state index in [2.05, 4.69) is 44.0 Å². The van der Waals surface area contributed by atoms with Crippen molar-refractivity contribution in [1.82, 2.24) is 19.5 Å². The average Bonchev–Trinajstić information content (AvgIpc) is 3.11. The van der Waals surface area contributed by atoms with Crippen LogP contribution in [0.1, 0.15) is 52.1 Å². The average molecular weight is 433 g/mol. The van der Waals surface area contributed by atoms with E-state index in [-0.39, 0.29) is 11.8 Å². The third-order valence-electron chi connectivity index (χ3n) is 4.92. The van der Waals surface area contributed by atoms with E-state index < -0.39 is 5.60 Å². The van der Waals surface area contributed by atoms with Crippen LogP contribution in [0.3, 0.4) is 0 Å². The number of hydrogen-bond donors (Lipinski definition) is 4. The third-order valence-corrected chi connectivity index (χ3v) is 5.16. The molecule has 0 amide bonds. The van der Waals surface area contributed by atoms with Crippen LogP contribution >= 0.6 is 11.6 Å². The monoisotopic (exact) mass is 432 g/mol. The van der Waals surface area contributed by atoms with Crippen molar-refractivity contribution in [2.45, 2.75) is 58.7 Å². The topological polar surface area (TPSA) is 108 Å². The molecule has 2 heterocycles. The Morgan fingerprint density at radius 2 is 1.90 bits per heavy atom. The Bertz CT molecular complexity index is 1010. The molecule has 2 aromatic heterocycles. The van der Waals surface area contributed by atoms with Crippen molar-refractivity contribution in [1.29, 1.82) is 0 Å². The van der Waals surface area contributed by atoms with E-state index in [9.17, 15) is 10.2 Å². The second-order valence-corrected chi connectivity index (χ2v) is 8.42. The van der Waals surface area contributed by atoms with Gasteiger partial charge in [-0.05, 0) is 44.9 Å². The maximum Gasteiger partial charge on any atom is 0.226 e. The number of nitrogens with one attached hydrogen (secondary N) is 2. The van der Waals surface area contributed by atoms with Crippen LogP contribution in [0.4, 0.5) is 11.8 Å². The van der Waals surface area contributed by atoms with Gasteiger partial charge in [0.05, 0.1) is 11.9 Å². The number of imidazole rings is 1. The minimum atomic E-state index is -0.909. The third kappa shape index (κ3) is 5.12. The Labute approximate surface area is 181 Å². The Morgan fingerprint density at radius 3 is 2.57 bits per heavy atom. The summed E-state index contributed by atoms with van der Waals surface area (Å²) in [7, 11) is 0. The molecule has 162 valence electrons. The molecule has 9 heteroatoms. The first kappa shape index (κ1) is 22.1. The first-order valence-electron chi connectivity index (χ1n) is 10.1. The molecule has 0 fully saturated rings. The van der Waals surface area contributed by atoms with Crippen molar-refractivity contribution >= 4 is 34.5 Å². The summed E-state index contributed by atoms with van der Waals surface area (Å²) in [5.41, 5.74) is 1.11. The van der Waals surface area contributed by atoms with E-state index in [4.69, 9.17) is 11.6 Å². The zero-order valence-electron chi connectivity index (χ0n) is 17.8. The molecular formula is C21H29ClN6O2. The summed E-state index contributed by atoms with van der Waals surface area (Å²) in [4.78, 5) is 13.8. The number of rotatable bonds is 9. The van der Waals surface area contributed by atoms with Gasteiger partial charge in [0.25, 0.3) is 0 Å². The van der Waals surface area contributed by atoms with Crippen molar-refractivity contribution in [3.63, 3.8) is 0 Å². The standard InChI is InChI=1S/C21H29ClN6O2/c1-5-15(6-2)28-12-25-17-18(23-10-13-9-14(22)7-8-16(13)29)26-20(27-19(17)28)24-11-21(3,4)30/h7-9,12,15,29-30H,5-6,10-11H2,1-4H3,(H2,23,24,26,27). The highest BCUT2D eigenvalue weighted by atomic mass is 35.5. The number of fused-ring (bicyclic) bond motifs is 1. The van der Waals surface area contributed by atoms with Gasteiger partial charge in [0.2, 0.25) is 5.95 Å². The summed E-state index contributed by atoms with van der Waals surface area (Å²) in [6.45, 7) is 8.32. The molecule has 0 atom stereocenters. The van der Waals surface area contributed by atoms with Crippen molar-refractivity contribution < 1.29 is 10.2 Å². The van der Waals surface area contributed by atoms with E-state index in [1.165, 1.54) is 0 Å². The van der Waals surface area contributed by atoms with Crippen molar-refractivity contribution in [3.8, 4) is 5.75 Å². The van der Waals surface area contributed by atoms with E-state index in [0.717, 1.165) is 18.5 Å². The van der Waals surface area contributed by atoms with Crippen molar-refractivity contribution in [2.75, 3.05) is 17.2 Å². The van der Waals surface area contributed by atoms with Gasteiger partial charge in [-0.2, -0.15) is 9.97 Å². The molecule has 0 spiro atoms. The lowest BCUT2D eigenvalue weighted by Gasteiger charge is -2.19. The second kappa shape index (κ2) is 9.06.